The van der Waals surface area contributed by atoms with Gasteiger partial charge in [-0.3, -0.25) is 9.59 Å². The fourth-order valence-corrected chi connectivity index (χ4v) is 2.43. The normalized spacial score (nSPS) is 21.2. The number of rotatable bonds is 3. The molecule has 0 saturated heterocycles. The highest BCUT2D eigenvalue weighted by molar-refractivity contribution is 6.27. The van der Waals surface area contributed by atoms with Crippen molar-refractivity contribution < 1.29 is 14.3 Å². The molecule has 1 amide bonds. The Balaban J connectivity index is 2.29. The van der Waals surface area contributed by atoms with E-state index in [1.54, 1.807) is 0 Å². The average molecular weight is 268 g/mol. The molecule has 0 saturated carbocycles. The first-order valence-electron chi connectivity index (χ1n) is 5.68. The average Bonchev–Trinajstić information content (AvgIpc) is 2.77. The van der Waals surface area contributed by atoms with Crippen molar-refractivity contribution in [3.8, 4) is 0 Å². The van der Waals surface area contributed by atoms with E-state index in [0.717, 1.165) is 11.1 Å². The van der Waals surface area contributed by atoms with Crippen molar-refractivity contribution in [2.24, 2.45) is 5.92 Å². The monoisotopic (exact) mass is 267 g/mol. The summed E-state index contributed by atoms with van der Waals surface area (Å²) in [6.45, 7) is 0. The van der Waals surface area contributed by atoms with Crippen LogP contribution in [-0.2, 0) is 20.7 Å². The predicted molar refractivity (Wildman–Crippen MR) is 67.3 cm³/mol. The lowest BCUT2D eigenvalue weighted by Gasteiger charge is -2.19. The minimum absolute atomic E-state index is 0.118. The predicted octanol–water partition coefficient (Wildman–Crippen LogP) is 1.43. The molecule has 96 valence electrons. The Morgan fingerprint density at radius 1 is 1.44 bits per heavy atom. The molecule has 1 N–H and O–H groups in total. The highest BCUT2D eigenvalue weighted by atomic mass is 35.5. The van der Waals surface area contributed by atoms with Crippen LogP contribution in [-0.4, -0.2) is 24.9 Å². The number of methoxy groups -OCH3 is 1. The van der Waals surface area contributed by atoms with E-state index in [-0.39, 0.29) is 29.7 Å². The van der Waals surface area contributed by atoms with Crippen molar-refractivity contribution in [3.63, 3.8) is 0 Å². The van der Waals surface area contributed by atoms with E-state index < -0.39 is 0 Å². The van der Waals surface area contributed by atoms with Gasteiger partial charge in [-0.25, -0.2) is 0 Å². The van der Waals surface area contributed by atoms with Gasteiger partial charge in [-0.2, -0.15) is 0 Å². The number of hydrogen-bond acceptors (Lipinski definition) is 3. The Kier molecular flexibility index (Phi) is 3.87. The molecule has 0 bridgehead atoms. The molecule has 0 aliphatic heterocycles. The molecule has 0 aromatic heterocycles. The fraction of sp³-hybridized carbons (Fsp3) is 0.385. The Hall–Kier alpha value is -1.55. The molecule has 0 unspecified atom stereocenters. The van der Waals surface area contributed by atoms with Crippen LogP contribution in [0.2, 0.25) is 0 Å². The summed E-state index contributed by atoms with van der Waals surface area (Å²) in [5.41, 5.74) is 2.03. The van der Waals surface area contributed by atoms with E-state index in [4.69, 9.17) is 16.3 Å². The molecule has 0 radical (unpaired) electrons. The Morgan fingerprint density at radius 2 is 2.17 bits per heavy atom. The molecular formula is C13H14ClNO3. The van der Waals surface area contributed by atoms with Crippen LogP contribution < -0.4 is 5.32 Å². The second-order valence-corrected chi connectivity index (χ2v) is 4.48. The minimum Gasteiger partial charge on any atom is -0.469 e. The van der Waals surface area contributed by atoms with Crippen LogP contribution in [0.4, 0.5) is 0 Å². The largest absolute Gasteiger partial charge is 0.469 e. The zero-order valence-corrected chi connectivity index (χ0v) is 10.7. The summed E-state index contributed by atoms with van der Waals surface area (Å²) >= 11 is 5.49. The molecule has 1 aromatic carbocycles. The summed E-state index contributed by atoms with van der Waals surface area (Å²) in [7, 11) is 1.35. The van der Waals surface area contributed by atoms with Crippen molar-refractivity contribution in [2.45, 2.75) is 12.5 Å². The van der Waals surface area contributed by atoms with Gasteiger partial charge in [-0.05, 0) is 17.5 Å². The van der Waals surface area contributed by atoms with Crippen molar-refractivity contribution in [3.05, 3.63) is 35.4 Å². The first-order valence-corrected chi connectivity index (χ1v) is 6.21. The van der Waals surface area contributed by atoms with E-state index in [1.807, 2.05) is 24.3 Å². The van der Waals surface area contributed by atoms with Gasteiger partial charge in [0.1, 0.15) is 5.88 Å². The second-order valence-electron chi connectivity index (χ2n) is 4.21. The number of carbonyl (C=O) groups is 2. The van der Waals surface area contributed by atoms with Gasteiger partial charge in [0.15, 0.2) is 0 Å². The van der Waals surface area contributed by atoms with Crippen molar-refractivity contribution in [1.29, 1.82) is 0 Å². The maximum Gasteiger partial charge on any atom is 0.311 e. The van der Waals surface area contributed by atoms with Gasteiger partial charge in [0, 0.05) is 0 Å². The van der Waals surface area contributed by atoms with Crippen LogP contribution in [0, 0.1) is 5.92 Å². The molecule has 0 heterocycles. The quantitative estimate of drug-likeness (QED) is 0.666. The lowest BCUT2D eigenvalue weighted by Crippen LogP contribution is -2.35. The van der Waals surface area contributed by atoms with Gasteiger partial charge in [0.2, 0.25) is 5.91 Å². The minimum atomic E-state index is -0.375. The van der Waals surface area contributed by atoms with Crippen molar-refractivity contribution in [1.82, 2.24) is 5.32 Å². The number of esters is 1. The van der Waals surface area contributed by atoms with Gasteiger partial charge in [-0.1, -0.05) is 24.3 Å². The zero-order chi connectivity index (χ0) is 13.1. The second kappa shape index (κ2) is 5.40. The van der Waals surface area contributed by atoms with E-state index >= 15 is 0 Å². The number of amides is 1. The van der Waals surface area contributed by atoms with E-state index in [1.165, 1.54) is 7.11 Å². The molecule has 5 heteroatoms. The summed E-state index contributed by atoms with van der Waals surface area (Å²) in [5, 5.41) is 2.78. The number of carbonyl (C=O) groups excluding carboxylic acids is 2. The standard InChI is InChI=1S/C13H14ClNO3/c1-18-13(17)10-6-8-4-2-3-5-9(8)12(10)15-11(16)7-14/h2-5,10,12H,6-7H2,1H3,(H,15,16)/t10-,12+/m1/s1. The smallest absolute Gasteiger partial charge is 0.311 e. The van der Waals surface area contributed by atoms with E-state index in [9.17, 15) is 9.59 Å². The third-order valence-electron chi connectivity index (χ3n) is 3.17. The molecule has 1 aliphatic carbocycles. The van der Waals surface area contributed by atoms with Gasteiger partial charge in [-0.15, -0.1) is 11.6 Å². The summed E-state index contributed by atoms with van der Waals surface area (Å²) in [6.07, 6.45) is 0.579. The summed E-state index contributed by atoms with van der Waals surface area (Å²) in [5.74, 6) is -1.09. The lowest BCUT2D eigenvalue weighted by atomic mass is 10.0. The Labute approximate surface area is 110 Å². The maximum atomic E-state index is 11.8. The maximum absolute atomic E-state index is 11.8. The summed E-state index contributed by atoms with van der Waals surface area (Å²) < 4.78 is 4.79. The fourth-order valence-electron chi connectivity index (χ4n) is 2.36. The summed E-state index contributed by atoms with van der Waals surface area (Å²) in [4.78, 5) is 23.2. The van der Waals surface area contributed by atoms with E-state index in [2.05, 4.69) is 5.32 Å². The van der Waals surface area contributed by atoms with Crippen molar-refractivity contribution in [2.75, 3.05) is 13.0 Å². The topological polar surface area (TPSA) is 55.4 Å². The number of ether oxygens (including phenoxy) is 1. The van der Waals surface area contributed by atoms with E-state index in [0.29, 0.717) is 6.42 Å². The number of fused-ring (bicyclic) bond motifs is 1. The van der Waals surface area contributed by atoms with Crippen LogP contribution in [0.25, 0.3) is 0 Å². The lowest BCUT2D eigenvalue weighted by molar-refractivity contribution is -0.146. The Bertz CT molecular complexity index is 475. The summed E-state index contributed by atoms with van der Waals surface area (Å²) in [6, 6.07) is 7.33. The van der Waals surface area contributed by atoms with Crippen LogP contribution in [0.5, 0.6) is 0 Å². The molecular weight excluding hydrogens is 254 g/mol. The first-order chi connectivity index (χ1) is 8.67. The number of halogens is 1. The molecule has 2 atom stereocenters. The van der Waals surface area contributed by atoms with Crippen LogP contribution in [0.15, 0.2) is 24.3 Å². The third kappa shape index (κ3) is 2.34. The van der Waals surface area contributed by atoms with Crippen LogP contribution in [0.3, 0.4) is 0 Å². The third-order valence-corrected chi connectivity index (χ3v) is 3.42. The zero-order valence-electron chi connectivity index (χ0n) is 9.98. The SMILES string of the molecule is COC(=O)[C@@H]1Cc2ccccc2[C@@H]1NC(=O)CCl. The molecule has 0 fully saturated rings. The molecule has 1 aromatic rings. The first kappa shape index (κ1) is 12.9. The molecule has 2 rings (SSSR count). The number of alkyl halides is 1. The number of hydrogen-bond donors (Lipinski definition) is 1. The number of nitrogens with one attached hydrogen (secondary N) is 1. The highest BCUT2D eigenvalue weighted by Crippen LogP contribution is 2.36. The van der Waals surface area contributed by atoms with Crippen molar-refractivity contribution >= 4 is 23.5 Å². The van der Waals surface area contributed by atoms with Gasteiger partial charge in [0.05, 0.1) is 19.1 Å². The van der Waals surface area contributed by atoms with Gasteiger partial charge >= 0.3 is 5.97 Å². The molecule has 0 spiro atoms. The number of benzene rings is 1. The van der Waals surface area contributed by atoms with Gasteiger partial charge < -0.3 is 10.1 Å². The van der Waals surface area contributed by atoms with Crippen LogP contribution >= 0.6 is 11.6 Å². The van der Waals surface area contributed by atoms with Gasteiger partial charge in [0.25, 0.3) is 0 Å². The molecule has 18 heavy (non-hydrogen) atoms. The molecule has 1 aliphatic rings. The highest BCUT2D eigenvalue weighted by Gasteiger charge is 2.38. The van der Waals surface area contributed by atoms with Crippen LogP contribution in [0.1, 0.15) is 17.2 Å². The molecule has 4 nitrogen and oxygen atoms in total. The Morgan fingerprint density at radius 3 is 2.83 bits per heavy atom.